The Kier molecular flexibility index (Phi) is 2.39. The lowest BCUT2D eigenvalue weighted by atomic mass is 9.81. The van der Waals surface area contributed by atoms with Crippen LogP contribution in [-0.2, 0) is 0 Å². The van der Waals surface area contributed by atoms with E-state index >= 15 is 0 Å². The topological polar surface area (TPSA) is 43.8 Å². The Labute approximate surface area is 101 Å². The molecule has 0 radical (unpaired) electrons. The van der Waals surface area contributed by atoms with Gasteiger partial charge in [-0.2, -0.15) is 5.10 Å². The summed E-state index contributed by atoms with van der Waals surface area (Å²) < 4.78 is 1.95. The van der Waals surface area contributed by atoms with Gasteiger partial charge in [0, 0.05) is 0 Å². The second-order valence-corrected chi connectivity index (χ2v) is 4.82. The van der Waals surface area contributed by atoms with Gasteiger partial charge in [0.05, 0.1) is 12.2 Å². The summed E-state index contributed by atoms with van der Waals surface area (Å²) in [6, 6.07) is 10.8. The minimum Gasteiger partial charge on any atom is -0.384 e. The van der Waals surface area contributed by atoms with Crippen LogP contribution in [0.2, 0.25) is 0 Å². The Morgan fingerprint density at radius 2 is 1.94 bits per heavy atom. The second kappa shape index (κ2) is 3.91. The van der Waals surface area contributed by atoms with Crippen LogP contribution in [-0.4, -0.2) is 9.78 Å². The van der Waals surface area contributed by atoms with Crippen LogP contribution >= 0.6 is 0 Å². The molecule has 0 saturated heterocycles. The molecule has 2 atom stereocenters. The van der Waals surface area contributed by atoms with Crippen molar-refractivity contribution in [2.24, 2.45) is 0 Å². The summed E-state index contributed by atoms with van der Waals surface area (Å²) in [5.74, 6) is 1.39. The number of hydrogen-bond acceptors (Lipinski definition) is 2. The van der Waals surface area contributed by atoms with E-state index in [2.05, 4.69) is 36.3 Å². The van der Waals surface area contributed by atoms with Crippen molar-refractivity contribution in [2.75, 3.05) is 5.73 Å². The first-order valence-electron chi connectivity index (χ1n) is 6.15. The first-order chi connectivity index (χ1) is 8.27. The van der Waals surface area contributed by atoms with Crippen LogP contribution in [0.15, 0.2) is 36.5 Å². The first kappa shape index (κ1) is 10.4. The number of nitrogens with two attached hydrogens (primary N) is 1. The van der Waals surface area contributed by atoms with Gasteiger partial charge in [0.15, 0.2) is 0 Å². The van der Waals surface area contributed by atoms with E-state index in [0.717, 1.165) is 12.2 Å². The Morgan fingerprint density at radius 1 is 1.18 bits per heavy atom. The highest BCUT2D eigenvalue weighted by Gasteiger charge is 2.26. The van der Waals surface area contributed by atoms with Crippen LogP contribution in [0.3, 0.4) is 0 Å². The lowest BCUT2D eigenvalue weighted by Crippen LogP contribution is -2.21. The van der Waals surface area contributed by atoms with Gasteiger partial charge in [0.25, 0.3) is 0 Å². The van der Waals surface area contributed by atoms with E-state index in [-0.39, 0.29) is 0 Å². The SMILES string of the molecule is CC1CCC(n2nccc2N)c2ccccc21. The zero-order valence-corrected chi connectivity index (χ0v) is 10.0. The predicted octanol–water partition coefficient (Wildman–Crippen LogP) is 2.95. The van der Waals surface area contributed by atoms with Gasteiger partial charge in [-0.15, -0.1) is 0 Å². The standard InChI is InChI=1S/C14H17N3/c1-10-6-7-13(17-14(15)8-9-16-17)12-5-3-2-4-11(10)12/h2-5,8-10,13H,6-7,15H2,1H3. The average Bonchev–Trinajstić information content (AvgIpc) is 2.77. The molecular formula is C14H17N3. The van der Waals surface area contributed by atoms with E-state index in [1.165, 1.54) is 17.5 Å². The number of nitrogens with zero attached hydrogens (tertiary/aromatic N) is 2. The Balaban J connectivity index is 2.10. The van der Waals surface area contributed by atoms with E-state index in [4.69, 9.17) is 5.73 Å². The third kappa shape index (κ3) is 1.62. The van der Waals surface area contributed by atoms with Crippen molar-refractivity contribution in [3.8, 4) is 0 Å². The van der Waals surface area contributed by atoms with Gasteiger partial charge in [-0.1, -0.05) is 31.2 Å². The normalized spacial score (nSPS) is 23.4. The molecule has 0 amide bonds. The third-order valence-corrected chi connectivity index (χ3v) is 3.76. The van der Waals surface area contributed by atoms with Crippen LogP contribution in [0.25, 0.3) is 0 Å². The van der Waals surface area contributed by atoms with E-state index in [1.54, 1.807) is 6.20 Å². The summed E-state index contributed by atoms with van der Waals surface area (Å²) in [6.07, 6.45) is 4.08. The van der Waals surface area contributed by atoms with Gasteiger partial charge in [0.2, 0.25) is 0 Å². The Hall–Kier alpha value is -1.77. The maximum absolute atomic E-state index is 5.96. The molecule has 0 spiro atoms. The zero-order chi connectivity index (χ0) is 11.8. The molecule has 1 aromatic heterocycles. The third-order valence-electron chi connectivity index (χ3n) is 3.76. The van der Waals surface area contributed by atoms with E-state index < -0.39 is 0 Å². The fraction of sp³-hybridized carbons (Fsp3) is 0.357. The molecule has 3 nitrogen and oxygen atoms in total. The zero-order valence-electron chi connectivity index (χ0n) is 10.0. The molecule has 17 heavy (non-hydrogen) atoms. The molecule has 0 saturated carbocycles. The van der Waals surface area contributed by atoms with E-state index in [0.29, 0.717) is 12.0 Å². The quantitative estimate of drug-likeness (QED) is 0.814. The summed E-state index contributed by atoms with van der Waals surface area (Å²) >= 11 is 0. The molecule has 3 heteroatoms. The smallest absolute Gasteiger partial charge is 0.122 e. The molecule has 1 aliphatic rings. The summed E-state index contributed by atoms with van der Waals surface area (Å²) in [4.78, 5) is 0. The van der Waals surface area contributed by atoms with Crippen LogP contribution in [0.1, 0.15) is 42.9 Å². The molecule has 2 N–H and O–H groups in total. The molecule has 2 aromatic rings. The van der Waals surface area contributed by atoms with Gasteiger partial charge < -0.3 is 5.73 Å². The maximum Gasteiger partial charge on any atom is 0.122 e. The lowest BCUT2D eigenvalue weighted by Gasteiger charge is -2.30. The van der Waals surface area contributed by atoms with Gasteiger partial charge in [-0.05, 0) is 36.0 Å². The van der Waals surface area contributed by atoms with Gasteiger partial charge >= 0.3 is 0 Å². The molecule has 0 aliphatic heterocycles. The highest BCUT2D eigenvalue weighted by atomic mass is 15.3. The molecular weight excluding hydrogens is 210 g/mol. The van der Waals surface area contributed by atoms with E-state index in [1.807, 2.05) is 10.7 Å². The van der Waals surface area contributed by atoms with Gasteiger partial charge in [0.1, 0.15) is 5.82 Å². The highest BCUT2D eigenvalue weighted by molar-refractivity contribution is 5.38. The minimum atomic E-state index is 0.303. The monoisotopic (exact) mass is 227 g/mol. The first-order valence-corrected chi connectivity index (χ1v) is 6.15. The summed E-state index contributed by atoms with van der Waals surface area (Å²) in [6.45, 7) is 2.29. The van der Waals surface area contributed by atoms with Crippen LogP contribution in [0.5, 0.6) is 0 Å². The van der Waals surface area contributed by atoms with Gasteiger partial charge in [-0.25, -0.2) is 4.68 Å². The Bertz CT molecular complexity index is 530. The second-order valence-electron chi connectivity index (χ2n) is 4.82. The summed E-state index contributed by atoms with van der Waals surface area (Å²) in [5, 5.41) is 4.36. The van der Waals surface area contributed by atoms with Gasteiger partial charge in [-0.3, -0.25) is 0 Å². The largest absolute Gasteiger partial charge is 0.384 e. The number of hydrogen-bond donors (Lipinski definition) is 1. The van der Waals surface area contributed by atoms with Crippen LogP contribution in [0, 0.1) is 0 Å². The summed E-state index contributed by atoms with van der Waals surface area (Å²) in [5.41, 5.74) is 8.78. The molecule has 2 unspecified atom stereocenters. The molecule has 0 bridgehead atoms. The fourth-order valence-corrected chi connectivity index (χ4v) is 2.82. The molecule has 1 heterocycles. The van der Waals surface area contributed by atoms with Crippen molar-refractivity contribution in [1.29, 1.82) is 0 Å². The van der Waals surface area contributed by atoms with Crippen LogP contribution in [0.4, 0.5) is 5.82 Å². The lowest BCUT2D eigenvalue weighted by molar-refractivity contribution is 0.428. The van der Waals surface area contributed by atoms with Crippen molar-refractivity contribution in [2.45, 2.75) is 31.7 Å². The van der Waals surface area contributed by atoms with Crippen molar-refractivity contribution in [1.82, 2.24) is 9.78 Å². The van der Waals surface area contributed by atoms with Crippen molar-refractivity contribution in [3.63, 3.8) is 0 Å². The van der Waals surface area contributed by atoms with Crippen molar-refractivity contribution in [3.05, 3.63) is 47.7 Å². The molecule has 3 rings (SSSR count). The summed E-state index contributed by atoms with van der Waals surface area (Å²) in [7, 11) is 0. The van der Waals surface area contributed by atoms with E-state index in [9.17, 15) is 0 Å². The van der Waals surface area contributed by atoms with Crippen LogP contribution < -0.4 is 5.73 Å². The molecule has 1 aromatic carbocycles. The molecule has 1 aliphatic carbocycles. The number of aromatic nitrogens is 2. The predicted molar refractivity (Wildman–Crippen MR) is 68.9 cm³/mol. The number of fused-ring (bicyclic) bond motifs is 1. The Morgan fingerprint density at radius 3 is 2.65 bits per heavy atom. The highest BCUT2D eigenvalue weighted by Crippen LogP contribution is 2.39. The molecule has 0 fully saturated rings. The minimum absolute atomic E-state index is 0.303. The fourth-order valence-electron chi connectivity index (χ4n) is 2.82. The number of benzene rings is 1. The number of nitrogen functional groups attached to an aromatic ring is 1. The number of rotatable bonds is 1. The molecule has 88 valence electrons. The number of anilines is 1. The average molecular weight is 227 g/mol. The maximum atomic E-state index is 5.96. The van der Waals surface area contributed by atoms with Crippen molar-refractivity contribution >= 4 is 5.82 Å². The van der Waals surface area contributed by atoms with Crippen molar-refractivity contribution < 1.29 is 0 Å².